The summed E-state index contributed by atoms with van der Waals surface area (Å²) < 4.78 is 18.4. The van der Waals surface area contributed by atoms with Gasteiger partial charge >= 0.3 is 6.09 Å². The number of nitrogens with zero attached hydrogens (tertiary/aromatic N) is 2. The van der Waals surface area contributed by atoms with Crippen LogP contribution in [0.4, 0.5) is 14.9 Å². The number of oxime groups is 1. The molecule has 0 aliphatic rings. The van der Waals surface area contributed by atoms with E-state index in [1.54, 1.807) is 48.8 Å². The van der Waals surface area contributed by atoms with Crippen LogP contribution < -0.4 is 10.1 Å². The largest absolute Gasteiger partial charge is 0.457 e. The second-order valence-electron chi connectivity index (χ2n) is 5.10. The van der Waals surface area contributed by atoms with Crippen molar-refractivity contribution >= 4 is 18.0 Å². The van der Waals surface area contributed by atoms with Crippen LogP contribution in [0.5, 0.6) is 11.5 Å². The first-order chi connectivity index (χ1) is 12.7. The number of benzene rings is 2. The summed E-state index contributed by atoms with van der Waals surface area (Å²) in [6, 6.07) is 15.8. The first-order valence-corrected chi connectivity index (χ1v) is 7.64. The Morgan fingerprint density at radius 1 is 0.962 bits per heavy atom. The number of pyridine rings is 1. The molecule has 0 unspecified atom stereocenters. The van der Waals surface area contributed by atoms with E-state index in [1.165, 1.54) is 30.5 Å². The van der Waals surface area contributed by atoms with Crippen molar-refractivity contribution in [1.82, 2.24) is 4.98 Å². The lowest BCUT2D eigenvalue weighted by Crippen LogP contribution is -2.10. The average molecular weight is 351 g/mol. The van der Waals surface area contributed by atoms with Crippen molar-refractivity contribution in [3.63, 3.8) is 0 Å². The highest BCUT2D eigenvalue weighted by molar-refractivity contribution is 5.85. The molecule has 6 nitrogen and oxygen atoms in total. The van der Waals surface area contributed by atoms with Gasteiger partial charge in [0.05, 0.1) is 6.21 Å². The highest BCUT2D eigenvalue weighted by Gasteiger charge is 2.03. The second kappa shape index (κ2) is 8.39. The molecule has 0 aliphatic heterocycles. The minimum absolute atomic E-state index is 0.350. The Morgan fingerprint density at radius 2 is 1.62 bits per heavy atom. The molecule has 0 atom stereocenters. The van der Waals surface area contributed by atoms with Gasteiger partial charge in [0.1, 0.15) is 17.3 Å². The number of nitrogens with one attached hydrogen (secondary N) is 1. The Morgan fingerprint density at radius 3 is 2.31 bits per heavy atom. The number of halogens is 1. The molecular weight excluding hydrogens is 337 g/mol. The molecule has 0 fully saturated rings. The maximum absolute atomic E-state index is 12.8. The van der Waals surface area contributed by atoms with Gasteiger partial charge < -0.3 is 4.74 Å². The zero-order valence-electron chi connectivity index (χ0n) is 13.5. The minimum Gasteiger partial charge on any atom is -0.457 e. The fraction of sp³-hybridized carbons (Fsp3) is 0. The number of amides is 1. The number of ether oxygens (including phenoxy) is 1. The number of hydrogen-bond acceptors (Lipinski definition) is 5. The van der Waals surface area contributed by atoms with Crippen LogP contribution in [0.25, 0.3) is 0 Å². The van der Waals surface area contributed by atoms with E-state index >= 15 is 0 Å². The molecule has 26 heavy (non-hydrogen) atoms. The van der Waals surface area contributed by atoms with Crippen molar-refractivity contribution in [3.8, 4) is 11.5 Å². The van der Waals surface area contributed by atoms with Gasteiger partial charge in [-0.2, -0.15) is 0 Å². The van der Waals surface area contributed by atoms with E-state index in [0.717, 1.165) is 0 Å². The molecule has 0 saturated carbocycles. The van der Waals surface area contributed by atoms with Gasteiger partial charge in [0, 0.05) is 18.1 Å². The molecule has 2 aromatic carbocycles. The van der Waals surface area contributed by atoms with Gasteiger partial charge in [0.2, 0.25) is 0 Å². The summed E-state index contributed by atoms with van der Waals surface area (Å²) in [6.45, 7) is 0. The number of hydrogen-bond donors (Lipinski definition) is 1. The molecule has 3 aromatic rings. The molecule has 3 rings (SSSR count). The Kier molecular flexibility index (Phi) is 5.51. The number of carbonyl (C=O) groups is 1. The highest BCUT2D eigenvalue weighted by Crippen LogP contribution is 2.22. The van der Waals surface area contributed by atoms with Gasteiger partial charge in [-0.25, -0.2) is 9.18 Å². The minimum atomic E-state index is -0.744. The first-order valence-electron chi connectivity index (χ1n) is 7.64. The molecule has 0 bridgehead atoms. The Bertz CT molecular complexity index is 882. The van der Waals surface area contributed by atoms with E-state index < -0.39 is 6.09 Å². The topological polar surface area (TPSA) is 72.8 Å². The Labute approximate surface area is 148 Å². The van der Waals surface area contributed by atoms with Gasteiger partial charge in [-0.3, -0.25) is 15.1 Å². The van der Waals surface area contributed by atoms with E-state index in [0.29, 0.717) is 22.7 Å². The molecule has 1 aromatic heterocycles. The summed E-state index contributed by atoms with van der Waals surface area (Å²) in [6.07, 6.45) is 3.83. The quantitative estimate of drug-likeness (QED) is 0.414. The predicted molar refractivity (Wildman–Crippen MR) is 94.9 cm³/mol. The Balaban J connectivity index is 1.50. The first kappa shape index (κ1) is 17.1. The summed E-state index contributed by atoms with van der Waals surface area (Å²) in [7, 11) is 0. The molecular formula is C19H14FN3O3. The van der Waals surface area contributed by atoms with E-state index in [2.05, 4.69) is 15.5 Å². The van der Waals surface area contributed by atoms with Crippen molar-refractivity contribution < 1.29 is 18.8 Å². The van der Waals surface area contributed by atoms with E-state index in [9.17, 15) is 9.18 Å². The summed E-state index contributed by atoms with van der Waals surface area (Å²) in [5.74, 6) is 0.928. The van der Waals surface area contributed by atoms with Crippen molar-refractivity contribution in [1.29, 1.82) is 0 Å². The van der Waals surface area contributed by atoms with Crippen LogP contribution in [0.1, 0.15) is 5.56 Å². The van der Waals surface area contributed by atoms with Crippen LogP contribution >= 0.6 is 0 Å². The van der Waals surface area contributed by atoms with E-state index in [4.69, 9.17) is 9.57 Å². The normalized spacial score (nSPS) is 10.5. The van der Waals surface area contributed by atoms with Gasteiger partial charge in [0.15, 0.2) is 0 Å². The lowest BCUT2D eigenvalue weighted by molar-refractivity contribution is 0.167. The smallest absolute Gasteiger partial charge is 0.437 e. The lowest BCUT2D eigenvalue weighted by atomic mass is 10.2. The fourth-order valence-corrected chi connectivity index (χ4v) is 1.97. The molecule has 130 valence electrons. The molecule has 0 spiro atoms. The summed E-state index contributed by atoms with van der Waals surface area (Å²) >= 11 is 0. The molecule has 0 aliphatic carbocycles. The van der Waals surface area contributed by atoms with Crippen LogP contribution in [0.3, 0.4) is 0 Å². The third-order valence-corrected chi connectivity index (χ3v) is 3.19. The van der Waals surface area contributed by atoms with Crippen LogP contribution in [0.15, 0.2) is 78.2 Å². The molecule has 1 heterocycles. The molecule has 0 saturated heterocycles. The van der Waals surface area contributed by atoms with Crippen LogP contribution in [-0.4, -0.2) is 17.3 Å². The highest BCUT2D eigenvalue weighted by atomic mass is 19.1. The molecule has 7 heteroatoms. The average Bonchev–Trinajstić information content (AvgIpc) is 2.66. The summed E-state index contributed by atoms with van der Waals surface area (Å²) in [5, 5.41) is 6.08. The van der Waals surface area contributed by atoms with Crippen LogP contribution in [-0.2, 0) is 4.84 Å². The van der Waals surface area contributed by atoms with E-state index in [-0.39, 0.29) is 5.82 Å². The maximum atomic E-state index is 12.8. The number of carbonyl (C=O) groups excluding carboxylic acids is 1. The molecule has 0 radical (unpaired) electrons. The van der Waals surface area contributed by atoms with Crippen molar-refractivity contribution in [2.24, 2.45) is 5.16 Å². The lowest BCUT2D eigenvalue weighted by Gasteiger charge is -2.06. The SMILES string of the molecule is O=C(Nc1ccc(Oc2ccncc2)cc1)O/N=C/c1ccc(F)cc1. The van der Waals surface area contributed by atoms with Crippen LogP contribution in [0.2, 0.25) is 0 Å². The fourth-order valence-electron chi connectivity index (χ4n) is 1.97. The summed E-state index contributed by atoms with van der Waals surface area (Å²) in [5.41, 5.74) is 1.13. The second-order valence-corrected chi connectivity index (χ2v) is 5.10. The molecule has 1 N–H and O–H groups in total. The van der Waals surface area contributed by atoms with Gasteiger partial charge in [-0.1, -0.05) is 17.3 Å². The Hall–Kier alpha value is -3.74. The number of anilines is 1. The predicted octanol–water partition coefficient (Wildman–Crippen LogP) is 4.60. The van der Waals surface area contributed by atoms with Crippen molar-refractivity contribution in [3.05, 3.63) is 84.4 Å². The van der Waals surface area contributed by atoms with Gasteiger partial charge in [0.25, 0.3) is 0 Å². The third-order valence-electron chi connectivity index (χ3n) is 3.19. The van der Waals surface area contributed by atoms with Crippen molar-refractivity contribution in [2.45, 2.75) is 0 Å². The standard InChI is InChI=1S/C19H14FN3O3/c20-15-3-1-14(2-4-15)13-22-26-19(24)23-16-5-7-17(8-6-16)25-18-9-11-21-12-10-18/h1-13H,(H,23,24)/b22-13+. The number of aromatic nitrogens is 1. The number of rotatable bonds is 5. The third kappa shape index (κ3) is 5.13. The maximum Gasteiger partial charge on any atom is 0.437 e. The van der Waals surface area contributed by atoms with Gasteiger partial charge in [-0.05, 0) is 54.1 Å². The van der Waals surface area contributed by atoms with E-state index in [1.807, 2.05) is 0 Å². The molecule has 1 amide bonds. The van der Waals surface area contributed by atoms with Crippen LogP contribution in [0, 0.1) is 5.82 Å². The van der Waals surface area contributed by atoms with Gasteiger partial charge in [-0.15, -0.1) is 0 Å². The summed E-state index contributed by atoms with van der Waals surface area (Å²) in [4.78, 5) is 20.3. The zero-order chi connectivity index (χ0) is 18.2. The zero-order valence-corrected chi connectivity index (χ0v) is 13.5. The van der Waals surface area contributed by atoms with Crippen molar-refractivity contribution in [2.75, 3.05) is 5.32 Å². The monoisotopic (exact) mass is 351 g/mol.